The van der Waals surface area contributed by atoms with Crippen LogP contribution in [-0.4, -0.2) is 9.97 Å². The molecule has 0 amide bonds. The number of aromatic nitrogens is 2. The number of hydrogen-bond donors (Lipinski definition) is 1. The lowest BCUT2D eigenvalue weighted by atomic mass is 10.2. The molecule has 102 valence electrons. The molecule has 1 aromatic carbocycles. The van der Waals surface area contributed by atoms with Crippen LogP contribution in [0.3, 0.4) is 0 Å². The number of aromatic amines is 1. The van der Waals surface area contributed by atoms with Crippen LogP contribution in [0.1, 0.15) is 18.6 Å². The zero-order chi connectivity index (χ0) is 14.1. The van der Waals surface area contributed by atoms with Crippen molar-refractivity contribution in [1.82, 2.24) is 9.97 Å². The molecule has 2 aromatic heterocycles. The Morgan fingerprint density at radius 2 is 2.05 bits per heavy atom. The van der Waals surface area contributed by atoms with Crippen LogP contribution in [0, 0.1) is 0 Å². The molecule has 2 heterocycles. The van der Waals surface area contributed by atoms with Gasteiger partial charge in [-0.2, -0.15) is 0 Å². The van der Waals surface area contributed by atoms with Gasteiger partial charge in [0.1, 0.15) is 17.0 Å². The van der Waals surface area contributed by atoms with E-state index in [9.17, 15) is 0 Å². The van der Waals surface area contributed by atoms with Gasteiger partial charge in [-0.1, -0.05) is 23.2 Å². The predicted octanol–water partition coefficient (Wildman–Crippen LogP) is 5.01. The van der Waals surface area contributed by atoms with Crippen molar-refractivity contribution in [3.63, 3.8) is 0 Å². The number of pyridine rings is 1. The number of halogens is 2. The van der Waals surface area contributed by atoms with E-state index >= 15 is 0 Å². The SMILES string of the molecule is CC(Oc1ccc2[nH]ccc2c1)c1c(Cl)ccnc1Cl. The highest BCUT2D eigenvalue weighted by atomic mass is 35.5. The van der Waals surface area contributed by atoms with Crippen LogP contribution in [-0.2, 0) is 0 Å². The largest absolute Gasteiger partial charge is 0.486 e. The molecule has 3 rings (SSSR count). The summed E-state index contributed by atoms with van der Waals surface area (Å²) in [6.45, 7) is 1.90. The van der Waals surface area contributed by atoms with Crippen LogP contribution >= 0.6 is 23.2 Å². The third-order valence-electron chi connectivity index (χ3n) is 3.13. The number of hydrogen-bond acceptors (Lipinski definition) is 2. The van der Waals surface area contributed by atoms with Gasteiger partial charge in [0, 0.05) is 28.9 Å². The Bertz CT molecular complexity index is 734. The molecule has 0 saturated heterocycles. The second-order valence-corrected chi connectivity index (χ2v) is 5.25. The fraction of sp³-hybridized carbons (Fsp3) is 0.133. The Morgan fingerprint density at radius 1 is 1.20 bits per heavy atom. The first-order valence-electron chi connectivity index (χ1n) is 6.19. The molecule has 3 aromatic rings. The molecule has 0 radical (unpaired) electrons. The van der Waals surface area contributed by atoms with Crippen molar-refractivity contribution in [1.29, 1.82) is 0 Å². The van der Waals surface area contributed by atoms with Crippen LogP contribution < -0.4 is 4.74 Å². The van der Waals surface area contributed by atoms with E-state index in [4.69, 9.17) is 27.9 Å². The fourth-order valence-corrected chi connectivity index (χ4v) is 2.82. The molecule has 1 unspecified atom stereocenters. The molecule has 1 atom stereocenters. The average Bonchev–Trinajstić information content (AvgIpc) is 2.85. The van der Waals surface area contributed by atoms with E-state index < -0.39 is 0 Å². The van der Waals surface area contributed by atoms with Gasteiger partial charge in [-0.15, -0.1) is 0 Å². The van der Waals surface area contributed by atoms with Gasteiger partial charge in [0.25, 0.3) is 0 Å². The average molecular weight is 307 g/mol. The van der Waals surface area contributed by atoms with Crippen molar-refractivity contribution in [2.45, 2.75) is 13.0 Å². The summed E-state index contributed by atoms with van der Waals surface area (Å²) in [5.41, 5.74) is 1.77. The van der Waals surface area contributed by atoms with Crippen molar-refractivity contribution in [2.24, 2.45) is 0 Å². The van der Waals surface area contributed by atoms with Gasteiger partial charge in [-0.05, 0) is 37.3 Å². The lowest BCUT2D eigenvalue weighted by molar-refractivity contribution is 0.227. The monoisotopic (exact) mass is 306 g/mol. The first-order valence-corrected chi connectivity index (χ1v) is 6.94. The molecule has 0 aliphatic heterocycles. The smallest absolute Gasteiger partial charge is 0.137 e. The zero-order valence-electron chi connectivity index (χ0n) is 10.7. The van der Waals surface area contributed by atoms with E-state index in [-0.39, 0.29) is 6.10 Å². The Labute approximate surface area is 126 Å². The normalized spacial score (nSPS) is 12.6. The van der Waals surface area contributed by atoms with Gasteiger partial charge in [-0.25, -0.2) is 4.98 Å². The second kappa shape index (κ2) is 5.35. The van der Waals surface area contributed by atoms with Crippen molar-refractivity contribution >= 4 is 34.1 Å². The molecule has 20 heavy (non-hydrogen) atoms. The number of ether oxygens (including phenoxy) is 1. The van der Waals surface area contributed by atoms with Gasteiger partial charge in [0.05, 0.1) is 5.02 Å². The highest BCUT2D eigenvalue weighted by Gasteiger charge is 2.16. The Hall–Kier alpha value is -1.71. The van der Waals surface area contributed by atoms with Gasteiger partial charge < -0.3 is 9.72 Å². The Kier molecular flexibility index (Phi) is 3.55. The van der Waals surface area contributed by atoms with Crippen LogP contribution in [0.5, 0.6) is 5.75 Å². The lowest BCUT2D eigenvalue weighted by Gasteiger charge is -2.17. The van der Waals surface area contributed by atoms with Crippen LogP contribution in [0.15, 0.2) is 42.7 Å². The number of fused-ring (bicyclic) bond motifs is 1. The second-order valence-electron chi connectivity index (χ2n) is 4.48. The van der Waals surface area contributed by atoms with Crippen molar-refractivity contribution in [3.8, 4) is 5.75 Å². The molecule has 5 heteroatoms. The maximum Gasteiger partial charge on any atom is 0.137 e. The molecule has 0 aliphatic carbocycles. The summed E-state index contributed by atoms with van der Waals surface area (Å²) in [6, 6.07) is 9.56. The van der Waals surface area contributed by atoms with E-state index in [1.165, 1.54) is 0 Å². The number of H-pyrrole nitrogens is 1. The summed E-state index contributed by atoms with van der Waals surface area (Å²) < 4.78 is 5.92. The third-order valence-corrected chi connectivity index (χ3v) is 3.76. The summed E-state index contributed by atoms with van der Waals surface area (Å²) >= 11 is 12.2. The lowest BCUT2D eigenvalue weighted by Crippen LogP contribution is -2.05. The molecular weight excluding hydrogens is 295 g/mol. The summed E-state index contributed by atoms with van der Waals surface area (Å²) in [6.07, 6.45) is 3.19. The van der Waals surface area contributed by atoms with Crippen LogP contribution in [0.25, 0.3) is 10.9 Å². The first kappa shape index (κ1) is 13.3. The third kappa shape index (κ3) is 2.47. The number of nitrogens with one attached hydrogen (secondary N) is 1. The first-order chi connectivity index (χ1) is 9.65. The van der Waals surface area contributed by atoms with Crippen molar-refractivity contribution in [3.05, 3.63) is 58.5 Å². The molecule has 3 nitrogen and oxygen atoms in total. The standard InChI is InChI=1S/C15H12Cl2N2O/c1-9(14-12(16)5-7-19-15(14)17)20-11-2-3-13-10(8-11)4-6-18-13/h2-9,18H,1H3. The minimum Gasteiger partial charge on any atom is -0.486 e. The van der Waals surface area contributed by atoms with Gasteiger partial charge in [0.2, 0.25) is 0 Å². The number of rotatable bonds is 3. The summed E-state index contributed by atoms with van der Waals surface area (Å²) in [5.74, 6) is 0.764. The van der Waals surface area contributed by atoms with Gasteiger partial charge in [-0.3, -0.25) is 0 Å². The number of nitrogens with zero attached hydrogens (tertiary/aromatic N) is 1. The molecule has 0 spiro atoms. The fourth-order valence-electron chi connectivity index (χ4n) is 2.16. The maximum absolute atomic E-state index is 6.16. The topological polar surface area (TPSA) is 37.9 Å². The van der Waals surface area contributed by atoms with E-state index in [1.807, 2.05) is 37.4 Å². The Balaban J connectivity index is 1.90. The van der Waals surface area contributed by atoms with E-state index in [0.717, 1.165) is 16.7 Å². The zero-order valence-corrected chi connectivity index (χ0v) is 12.2. The van der Waals surface area contributed by atoms with E-state index in [0.29, 0.717) is 15.7 Å². The van der Waals surface area contributed by atoms with Crippen LogP contribution in [0.4, 0.5) is 0 Å². The summed E-state index contributed by atoms with van der Waals surface area (Å²) in [7, 11) is 0. The Morgan fingerprint density at radius 3 is 2.85 bits per heavy atom. The molecule has 0 saturated carbocycles. The van der Waals surface area contributed by atoms with Crippen molar-refractivity contribution < 1.29 is 4.74 Å². The highest BCUT2D eigenvalue weighted by Crippen LogP contribution is 2.32. The van der Waals surface area contributed by atoms with Gasteiger partial charge >= 0.3 is 0 Å². The quantitative estimate of drug-likeness (QED) is 0.691. The van der Waals surface area contributed by atoms with E-state index in [2.05, 4.69) is 9.97 Å². The summed E-state index contributed by atoms with van der Waals surface area (Å²) in [4.78, 5) is 7.18. The van der Waals surface area contributed by atoms with E-state index in [1.54, 1.807) is 12.3 Å². The molecule has 0 fully saturated rings. The summed E-state index contributed by atoms with van der Waals surface area (Å²) in [5, 5.41) is 2.02. The molecule has 0 aliphatic rings. The minimum absolute atomic E-state index is 0.278. The molecule has 0 bridgehead atoms. The molecular formula is C15H12Cl2N2O. The maximum atomic E-state index is 6.16. The molecule has 1 N–H and O–H groups in total. The predicted molar refractivity (Wildman–Crippen MR) is 81.6 cm³/mol. The number of benzene rings is 1. The van der Waals surface area contributed by atoms with Crippen molar-refractivity contribution in [2.75, 3.05) is 0 Å². The van der Waals surface area contributed by atoms with Crippen LogP contribution in [0.2, 0.25) is 10.2 Å². The van der Waals surface area contributed by atoms with Gasteiger partial charge in [0.15, 0.2) is 0 Å². The highest BCUT2D eigenvalue weighted by molar-refractivity contribution is 6.35. The minimum atomic E-state index is -0.278.